The van der Waals surface area contributed by atoms with E-state index in [1.807, 2.05) is 12.3 Å². The zero-order chi connectivity index (χ0) is 15.7. The van der Waals surface area contributed by atoms with Crippen molar-refractivity contribution in [3.8, 4) is 0 Å². The smallest absolute Gasteiger partial charge is 0.131 e. The molecule has 2 aliphatic heterocycles. The number of hydrogen-bond acceptors (Lipinski definition) is 6. The molecule has 3 N–H and O–H groups in total. The second-order valence-electron chi connectivity index (χ2n) is 6.59. The predicted octanol–water partition coefficient (Wildman–Crippen LogP) is -0.385. The predicted molar refractivity (Wildman–Crippen MR) is 83.8 cm³/mol. The first-order valence-corrected chi connectivity index (χ1v) is 7.97. The van der Waals surface area contributed by atoms with E-state index in [0.717, 1.165) is 31.9 Å². The van der Waals surface area contributed by atoms with Gasteiger partial charge in [-0.25, -0.2) is 4.98 Å². The maximum absolute atomic E-state index is 9.79. The Kier molecular flexibility index (Phi) is 4.63. The highest BCUT2D eigenvalue weighted by atomic mass is 16.4. The number of piperidine rings is 1. The average molecular weight is 307 g/mol. The van der Waals surface area contributed by atoms with Gasteiger partial charge in [-0.1, -0.05) is 6.07 Å². The molecule has 2 aliphatic rings. The van der Waals surface area contributed by atoms with Gasteiger partial charge in [-0.15, -0.1) is 0 Å². The van der Waals surface area contributed by atoms with Crippen LogP contribution < -0.4 is 4.90 Å². The lowest BCUT2D eigenvalue weighted by atomic mass is 10.00. The fourth-order valence-corrected chi connectivity index (χ4v) is 3.57. The number of aryl methyl sites for hydroxylation is 1. The summed E-state index contributed by atoms with van der Waals surface area (Å²) in [5.74, 6) is 1.55. The van der Waals surface area contributed by atoms with Gasteiger partial charge in [0.15, 0.2) is 0 Å². The van der Waals surface area contributed by atoms with Crippen molar-refractivity contribution in [1.29, 1.82) is 0 Å². The van der Waals surface area contributed by atoms with Crippen LogP contribution in [0.25, 0.3) is 0 Å². The number of nitrogens with zero attached hydrogens (tertiary/aromatic N) is 3. The molecule has 0 bridgehead atoms. The molecule has 3 rings (SSSR count). The van der Waals surface area contributed by atoms with Crippen molar-refractivity contribution in [3.63, 3.8) is 0 Å². The maximum atomic E-state index is 9.79. The molecular weight excluding hydrogens is 282 g/mol. The van der Waals surface area contributed by atoms with Crippen molar-refractivity contribution in [2.45, 2.75) is 31.7 Å². The highest BCUT2D eigenvalue weighted by Gasteiger charge is 2.35. The average Bonchev–Trinajstić information content (AvgIpc) is 2.93. The van der Waals surface area contributed by atoms with Gasteiger partial charge in [0.2, 0.25) is 0 Å². The van der Waals surface area contributed by atoms with E-state index in [-0.39, 0.29) is 0 Å². The number of aliphatic hydroxyl groups excluding tert-OH is 3. The van der Waals surface area contributed by atoms with Gasteiger partial charge in [0.05, 0.1) is 12.2 Å². The molecule has 1 aromatic heterocycles. The molecule has 0 aliphatic carbocycles. The van der Waals surface area contributed by atoms with Crippen molar-refractivity contribution in [1.82, 2.24) is 9.88 Å². The SMILES string of the molecule is Cc1cccnc1N1CC[C@@H](CN2C[C@@H](O)C(O)[C@@H](O)C2)C1. The normalized spacial score (nSPS) is 33.4. The largest absolute Gasteiger partial charge is 0.389 e. The number of pyridine rings is 1. The van der Waals surface area contributed by atoms with E-state index in [0.29, 0.717) is 19.0 Å². The van der Waals surface area contributed by atoms with E-state index < -0.39 is 18.3 Å². The molecule has 0 aromatic carbocycles. The number of rotatable bonds is 3. The number of hydrogen-bond donors (Lipinski definition) is 3. The molecule has 2 saturated heterocycles. The van der Waals surface area contributed by atoms with Gasteiger partial charge in [-0.2, -0.15) is 0 Å². The molecular formula is C16H25N3O3. The van der Waals surface area contributed by atoms with E-state index in [1.165, 1.54) is 5.56 Å². The zero-order valence-corrected chi connectivity index (χ0v) is 13.0. The Morgan fingerprint density at radius 3 is 2.59 bits per heavy atom. The fraction of sp³-hybridized carbons (Fsp3) is 0.688. The third kappa shape index (κ3) is 3.25. The third-order valence-electron chi connectivity index (χ3n) is 4.76. The summed E-state index contributed by atoms with van der Waals surface area (Å²) < 4.78 is 0. The van der Waals surface area contributed by atoms with E-state index in [4.69, 9.17) is 0 Å². The lowest BCUT2D eigenvalue weighted by Crippen LogP contribution is -2.56. The van der Waals surface area contributed by atoms with Crippen LogP contribution in [0.5, 0.6) is 0 Å². The van der Waals surface area contributed by atoms with Crippen LogP contribution in [-0.2, 0) is 0 Å². The molecule has 2 fully saturated rings. The Balaban J connectivity index is 1.56. The quantitative estimate of drug-likeness (QED) is 0.706. The van der Waals surface area contributed by atoms with Gasteiger partial charge < -0.3 is 20.2 Å². The number of aliphatic hydroxyl groups is 3. The molecule has 6 nitrogen and oxygen atoms in total. The van der Waals surface area contributed by atoms with Gasteiger partial charge >= 0.3 is 0 Å². The van der Waals surface area contributed by atoms with Gasteiger partial charge in [0, 0.05) is 38.9 Å². The van der Waals surface area contributed by atoms with E-state index in [2.05, 4.69) is 27.8 Å². The first-order valence-electron chi connectivity index (χ1n) is 7.97. The Morgan fingerprint density at radius 1 is 1.18 bits per heavy atom. The summed E-state index contributed by atoms with van der Waals surface area (Å²) in [5.41, 5.74) is 1.19. The third-order valence-corrected chi connectivity index (χ3v) is 4.76. The molecule has 1 aromatic rings. The standard InChI is InChI=1S/C16H25N3O3/c1-11-3-2-5-17-16(11)19-6-4-12(8-19)7-18-9-13(20)15(22)14(21)10-18/h2-3,5,12-15,20-22H,4,6-10H2,1H3/t12-,13-,14+,15?/m0/s1. The van der Waals surface area contributed by atoms with Crippen LogP contribution in [0.1, 0.15) is 12.0 Å². The summed E-state index contributed by atoms with van der Waals surface area (Å²) >= 11 is 0. The van der Waals surface area contributed by atoms with Crippen molar-refractivity contribution >= 4 is 5.82 Å². The number of likely N-dealkylation sites (tertiary alicyclic amines) is 1. The lowest BCUT2D eigenvalue weighted by molar-refractivity contribution is -0.111. The van der Waals surface area contributed by atoms with Crippen LogP contribution in [0.3, 0.4) is 0 Å². The first-order chi connectivity index (χ1) is 10.5. The van der Waals surface area contributed by atoms with E-state index >= 15 is 0 Å². The number of anilines is 1. The summed E-state index contributed by atoms with van der Waals surface area (Å²) in [7, 11) is 0. The van der Waals surface area contributed by atoms with Gasteiger partial charge in [0.25, 0.3) is 0 Å². The molecule has 0 amide bonds. The Hall–Kier alpha value is -1.21. The van der Waals surface area contributed by atoms with Crippen LogP contribution in [0.2, 0.25) is 0 Å². The second-order valence-corrected chi connectivity index (χ2v) is 6.59. The number of β-amino-alcohol motifs (C(OH)–C–C–N with tert-alkyl or cyclic N) is 2. The molecule has 0 radical (unpaired) electrons. The lowest BCUT2D eigenvalue weighted by Gasteiger charge is -2.38. The summed E-state index contributed by atoms with van der Waals surface area (Å²) in [4.78, 5) is 8.84. The molecule has 0 saturated carbocycles. The van der Waals surface area contributed by atoms with Crippen molar-refractivity contribution in [3.05, 3.63) is 23.9 Å². The topological polar surface area (TPSA) is 80.1 Å². The minimum absolute atomic E-state index is 0.428. The van der Waals surface area contributed by atoms with Crippen molar-refractivity contribution in [2.24, 2.45) is 5.92 Å². The Labute approximate surface area is 131 Å². The van der Waals surface area contributed by atoms with Gasteiger partial charge in [-0.05, 0) is 30.9 Å². The molecule has 3 heterocycles. The van der Waals surface area contributed by atoms with Crippen molar-refractivity contribution in [2.75, 3.05) is 37.6 Å². The highest BCUT2D eigenvalue weighted by molar-refractivity contribution is 5.46. The molecule has 4 atom stereocenters. The zero-order valence-electron chi connectivity index (χ0n) is 13.0. The summed E-state index contributed by atoms with van der Waals surface area (Å²) in [6.45, 7) is 5.71. The fourth-order valence-electron chi connectivity index (χ4n) is 3.57. The molecule has 22 heavy (non-hydrogen) atoms. The van der Waals surface area contributed by atoms with Crippen LogP contribution in [0.4, 0.5) is 5.82 Å². The van der Waals surface area contributed by atoms with Crippen LogP contribution in [0.15, 0.2) is 18.3 Å². The van der Waals surface area contributed by atoms with Gasteiger partial charge in [0.1, 0.15) is 11.9 Å². The summed E-state index contributed by atoms with van der Waals surface area (Å²) in [5, 5.41) is 29.2. The van der Waals surface area contributed by atoms with Gasteiger partial charge in [-0.3, -0.25) is 4.90 Å². The van der Waals surface area contributed by atoms with Crippen LogP contribution in [-0.4, -0.2) is 76.2 Å². The monoisotopic (exact) mass is 307 g/mol. The highest BCUT2D eigenvalue weighted by Crippen LogP contribution is 2.26. The maximum Gasteiger partial charge on any atom is 0.131 e. The van der Waals surface area contributed by atoms with E-state index in [1.54, 1.807) is 0 Å². The van der Waals surface area contributed by atoms with E-state index in [9.17, 15) is 15.3 Å². The number of aromatic nitrogens is 1. The molecule has 122 valence electrons. The first kappa shape index (κ1) is 15.7. The minimum atomic E-state index is -1.02. The molecule has 6 heteroatoms. The summed E-state index contributed by atoms with van der Waals surface area (Å²) in [6.07, 6.45) is 0.168. The summed E-state index contributed by atoms with van der Waals surface area (Å²) in [6, 6.07) is 4.03. The van der Waals surface area contributed by atoms with Crippen molar-refractivity contribution < 1.29 is 15.3 Å². The Morgan fingerprint density at radius 2 is 1.91 bits per heavy atom. The Bertz CT molecular complexity index is 501. The second kappa shape index (κ2) is 6.50. The van der Waals surface area contributed by atoms with Crippen LogP contribution >= 0.6 is 0 Å². The molecule has 0 spiro atoms. The molecule has 1 unspecified atom stereocenters. The minimum Gasteiger partial charge on any atom is -0.389 e. The van der Waals surface area contributed by atoms with Crippen LogP contribution in [0, 0.1) is 12.8 Å².